The molecule has 0 aromatic carbocycles. The van der Waals surface area contributed by atoms with Gasteiger partial charge >= 0.3 is 0 Å². The van der Waals surface area contributed by atoms with E-state index in [-0.39, 0.29) is 231 Å². The Morgan fingerprint density at radius 2 is 0.534 bits per heavy atom. The molecule has 0 aliphatic heterocycles. The van der Waals surface area contributed by atoms with E-state index >= 15 is 0 Å². The van der Waals surface area contributed by atoms with Crippen molar-refractivity contribution in [2.24, 2.45) is 54.6 Å². The number of hydrogen-bond acceptors (Lipinski definition) is 28. The van der Waals surface area contributed by atoms with E-state index in [9.17, 15) is 15.3 Å². The number of rotatable bonds is 35. The van der Waals surface area contributed by atoms with E-state index in [0.29, 0.717) is 6.04 Å². The van der Waals surface area contributed by atoms with Gasteiger partial charge in [-0.2, -0.15) is 30.6 Å². The van der Waals surface area contributed by atoms with Gasteiger partial charge in [-0.15, -0.1) is 13.2 Å². The van der Waals surface area contributed by atoms with Gasteiger partial charge in [0.15, 0.2) is 24.7 Å². The van der Waals surface area contributed by atoms with E-state index < -0.39 is 73.3 Å². The summed E-state index contributed by atoms with van der Waals surface area (Å²) in [5.41, 5.74) is -0.903. The summed E-state index contributed by atoms with van der Waals surface area (Å²) in [6, 6.07) is 7.35. The molecule has 11 N–H and O–H groups in total. The first-order chi connectivity index (χ1) is 48.8. The van der Waals surface area contributed by atoms with Gasteiger partial charge in [-0.05, 0) is 106 Å². The van der Waals surface area contributed by atoms with Crippen LogP contribution in [-0.2, 0) is 181 Å². The van der Waals surface area contributed by atoms with Gasteiger partial charge in [0.05, 0.1) is 92.0 Å². The summed E-state index contributed by atoms with van der Waals surface area (Å²) in [4.78, 5) is 8.24. The van der Waals surface area contributed by atoms with Crippen molar-refractivity contribution in [3.8, 4) is 0 Å². The van der Waals surface area contributed by atoms with Crippen LogP contribution < -0.4 is 0 Å². The van der Waals surface area contributed by atoms with Crippen LogP contribution in [0.3, 0.4) is 0 Å². The fourth-order valence-corrected chi connectivity index (χ4v) is 15.0. The summed E-state index contributed by atoms with van der Waals surface area (Å²) in [6.07, 6.45) is 19.2. The predicted molar refractivity (Wildman–Crippen MR) is 490 cm³/mol. The minimum absolute atomic E-state index is 0. The topological polar surface area (TPSA) is 378 Å². The van der Waals surface area contributed by atoms with Crippen molar-refractivity contribution >= 4 is 117 Å². The normalized spacial score (nSPS) is 13.0. The molecule has 748 valence electrons. The second kappa shape index (κ2) is 112. The molecule has 0 aliphatic rings. The smallest absolute Gasteiger partial charge is 0.171 e. The summed E-state index contributed by atoms with van der Waals surface area (Å²) < 4.78 is 12.6. The summed E-state index contributed by atoms with van der Waals surface area (Å²) in [5.74, 6) is 0. The molecule has 0 spiro atoms. The van der Waals surface area contributed by atoms with Crippen LogP contribution in [0.2, 0.25) is 115 Å². The van der Waals surface area contributed by atoms with Crippen molar-refractivity contribution in [3.63, 3.8) is 0 Å². The third kappa shape index (κ3) is 157. The minimum Gasteiger partial charge on any atom is -0.391 e. The maximum atomic E-state index is 10.1. The van der Waals surface area contributed by atoms with E-state index in [1.54, 1.807) is 117 Å². The zero-order valence-electron chi connectivity index (χ0n) is 78.5. The van der Waals surface area contributed by atoms with Gasteiger partial charge in [0, 0.05) is 334 Å². The quantitative estimate of drug-likeness (QED) is 0.0122. The van der Waals surface area contributed by atoms with Crippen molar-refractivity contribution in [2.75, 3.05) is 104 Å². The van der Waals surface area contributed by atoms with Crippen LogP contribution >= 0.6 is 0 Å². The molecule has 0 amide bonds. The van der Waals surface area contributed by atoms with E-state index in [1.165, 1.54) is 43.2 Å². The van der Waals surface area contributed by atoms with Crippen LogP contribution in [0.1, 0.15) is 103 Å². The van der Waals surface area contributed by atoms with Crippen molar-refractivity contribution < 1.29 is 238 Å². The summed E-state index contributed by atoms with van der Waals surface area (Å²) in [6.45, 7) is 59.1. The molecule has 0 fully saturated rings. The molecule has 0 heterocycles. The van der Waals surface area contributed by atoms with Gasteiger partial charge in [-0.3, -0.25) is 9.98 Å². The Morgan fingerprint density at radius 1 is 0.297 bits per heavy atom. The fourth-order valence-electron chi connectivity index (χ4n) is 6.30. The number of aliphatic imine (C=N–C) groups is 2. The molecule has 8 unspecified atom stereocenters. The summed E-state index contributed by atoms with van der Waals surface area (Å²) >= 11 is 0. The molecule has 0 aromatic rings. The monoisotopic (exact) mass is 2270 g/mol. The van der Waals surface area contributed by atoms with Crippen LogP contribution in [0.4, 0.5) is 0 Å². The van der Waals surface area contributed by atoms with E-state index in [1.807, 2.05) is 83.8 Å². The average molecular weight is 2280 g/mol. The Balaban J connectivity index is -0.0000000428. The molecule has 0 rings (SSSR count). The number of nitrogens with zero attached hydrogens (tertiary/aromatic N) is 17. The third-order valence-electron chi connectivity index (χ3n) is 13.2. The first-order valence-electron chi connectivity index (χ1n) is 37.3. The minimum atomic E-state index is -1.51. The molecular formula is C73H171N17Ni11O11Si6. The predicted octanol–water partition coefficient (Wildman–Crippen LogP) is 9.83. The maximum Gasteiger partial charge on any atom is 0.171 e. The zero-order chi connectivity index (χ0) is 87.0. The summed E-state index contributed by atoms with van der Waals surface area (Å²) in [7, 11) is 13.5. The number of hydrogen-bond donors (Lipinski definition) is 11. The summed E-state index contributed by atoms with van der Waals surface area (Å²) in [5, 5.41) is 132. The Hall–Kier alpha value is 0.940. The molecule has 0 saturated heterocycles. The second-order valence-corrected chi connectivity index (χ2v) is 60.1. The SMILES string of the molecule is C=CC(O)C=NC(C)C.C=CC(O)C=NN(C)C.CC(O)C=N[Si](C)(C)C.CCC(O)C=NN(C)C.CCC(O)C=N[Si](C)(C)C.CC[Si](CC)(CC)C(O)C=NC(C)C.CC[Si](CC)(CC)C(O)C=NN(C)C.CN(C)N=CC(O)[Si](C)(C)C.CN(C)N=CCO.CN(C)N=CCO.C[Si](C)(C)N=CCO.[Ni].[Ni].[Ni].[Ni].[Ni].[Ni].[Ni].[Ni].[Ni].[Ni].[Ni]. The Kier molecular flexibility index (Phi) is 167. The van der Waals surface area contributed by atoms with Crippen molar-refractivity contribution in [3.05, 3.63) is 25.3 Å². The third-order valence-corrected chi connectivity index (χ3v) is 29.2. The van der Waals surface area contributed by atoms with Gasteiger partial charge < -0.3 is 100 Å². The number of hydrazone groups is 6. The Bertz CT molecular complexity index is 2250. The van der Waals surface area contributed by atoms with Crippen molar-refractivity contribution in [2.45, 2.75) is 277 Å². The van der Waals surface area contributed by atoms with Gasteiger partial charge in [-0.25, -0.2) is 0 Å². The molecule has 118 heavy (non-hydrogen) atoms. The van der Waals surface area contributed by atoms with Crippen molar-refractivity contribution in [1.29, 1.82) is 0 Å². The van der Waals surface area contributed by atoms with Crippen LogP contribution in [0.15, 0.2) is 79.9 Å². The van der Waals surface area contributed by atoms with E-state index in [2.05, 4.69) is 188 Å². The van der Waals surface area contributed by atoms with E-state index in [4.69, 9.17) is 40.9 Å². The molecule has 0 aromatic heterocycles. The second-order valence-electron chi connectivity index (χ2n) is 30.1. The largest absolute Gasteiger partial charge is 0.391 e. The van der Waals surface area contributed by atoms with Crippen LogP contribution in [0.5, 0.6) is 0 Å². The molecule has 45 heteroatoms. The standard InChI is InChI=1S/C11H25NOSi.C10H24N2OSi.C7H18N2OSi.C7H17NOSi.C7H13NO.C6H14N2O.C6H12N2O.C6H15NOSi.C5H13NOSi.2C4H10N2O.11Ni/c1-6-14(7-2,8-3)11(13)9-12-10(4)5;1-6-14(7-2,8-3)10(13)9-11-12(4)5;1-9(2)8-6-7(10)11(3,4)5;1-5-7(9)6-8-10(2,3)4;1-4-7(9)5-8-6(2)3;2*1-4-6(9)5-7-8(2)3;1-6(8)5-7-9(2,3)4;1-8(2,3)6-4-5-7;2*1-6(2)5-3-4-7;;;;;;;;;;;/h9-11,13H,6-8H2,1-5H3;9-10,13H,6-8H2,1-5H3;6-7,10H,1-5H3;6-7,9H,5H2,1-4H3;4-7,9H,1H2,2-3H3;5-6,9H,4H2,1-3H3;4-6,9H,1H2,2-3H3;5-6,8H,1-4H3;4,7H,5H2,1-3H3;2*3,7H,4H2,1-2H3;;;;;;;;;;;. The van der Waals surface area contributed by atoms with Gasteiger partial charge in [0.25, 0.3) is 0 Å². The maximum absolute atomic E-state index is 10.1. The Labute approximate surface area is 838 Å². The molecule has 0 bridgehead atoms. The molecule has 0 aliphatic carbocycles. The Morgan fingerprint density at radius 3 is 0.737 bits per heavy atom. The van der Waals surface area contributed by atoms with Crippen LogP contribution in [0, 0.1) is 0 Å². The molecule has 8 atom stereocenters. The molecule has 0 radical (unpaired) electrons. The first-order valence-corrected chi connectivity index (χ1v) is 56.6. The first kappa shape index (κ1) is 176. The van der Waals surface area contributed by atoms with Gasteiger partial charge in [-0.1, -0.05) is 123 Å². The van der Waals surface area contributed by atoms with Crippen molar-refractivity contribution in [1.82, 2.24) is 30.1 Å². The molecular weight excluding hydrogens is 2110 g/mol. The average Bonchev–Trinajstić information content (AvgIpc) is 0.859. The molecule has 28 nitrogen and oxygen atoms in total. The van der Waals surface area contributed by atoms with Crippen LogP contribution in [-0.4, -0.2) is 368 Å². The molecule has 0 saturated carbocycles. The van der Waals surface area contributed by atoms with Gasteiger partial charge in [0.2, 0.25) is 0 Å². The zero-order valence-corrected chi connectivity index (χ0v) is 95.3. The number of aliphatic hydroxyl groups is 11. The fraction of sp³-hybridized carbons (Fsp3) is 0.795. The number of aliphatic hydroxyl groups excluding tert-OH is 11. The van der Waals surface area contributed by atoms with E-state index in [0.717, 1.165) is 49.1 Å². The van der Waals surface area contributed by atoms with Gasteiger partial charge in [0.1, 0.15) is 12.2 Å². The van der Waals surface area contributed by atoms with Crippen LogP contribution in [0.25, 0.3) is 0 Å².